The van der Waals surface area contributed by atoms with Crippen molar-refractivity contribution in [3.8, 4) is 0 Å². The van der Waals surface area contributed by atoms with Crippen molar-refractivity contribution >= 4 is 21.7 Å². The van der Waals surface area contributed by atoms with Gasteiger partial charge in [-0.1, -0.05) is 0 Å². The van der Waals surface area contributed by atoms with Gasteiger partial charge in [0.2, 0.25) is 0 Å². The molecule has 0 aliphatic rings. The summed E-state index contributed by atoms with van der Waals surface area (Å²) in [5.41, 5.74) is 1.21. The first-order valence-corrected chi connectivity index (χ1v) is 7.14. The van der Waals surface area contributed by atoms with Crippen LogP contribution in [0.2, 0.25) is 0 Å². The molecule has 104 valence electrons. The fourth-order valence-electron chi connectivity index (χ4n) is 1.60. The zero-order chi connectivity index (χ0) is 14.8. The van der Waals surface area contributed by atoms with Crippen molar-refractivity contribution in [1.82, 2.24) is 4.98 Å². The van der Waals surface area contributed by atoms with Gasteiger partial charge in [-0.2, -0.15) is 0 Å². The highest BCUT2D eigenvalue weighted by atomic mass is 32.2. The van der Waals surface area contributed by atoms with Gasteiger partial charge in [0.15, 0.2) is 0 Å². The Morgan fingerprint density at radius 2 is 1.85 bits per heavy atom. The summed E-state index contributed by atoms with van der Waals surface area (Å²) in [6.45, 7) is 1.80. The number of sulfonamides is 1. The molecule has 0 radical (unpaired) electrons. The van der Waals surface area contributed by atoms with Crippen LogP contribution in [0.15, 0.2) is 47.6 Å². The molecule has 1 aromatic carbocycles. The van der Waals surface area contributed by atoms with Gasteiger partial charge in [0.25, 0.3) is 10.0 Å². The zero-order valence-electron chi connectivity index (χ0n) is 10.6. The smallest absolute Gasteiger partial charge is 0.335 e. The summed E-state index contributed by atoms with van der Waals surface area (Å²) >= 11 is 0. The number of carboxylic acids is 1. The van der Waals surface area contributed by atoms with Gasteiger partial charge in [0.1, 0.15) is 0 Å². The van der Waals surface area contributed by atoms with Gasteiger partial charge in [0, 0.05) is 6.20 Å². The SMILES string of the molecule is Cc1cncc(NS(=O)(=O)c2ccc(C(=O)O)cc2)c1. The Morgan fingerprint density at radius 1 is 1.20 bits per heavy atom. The molecule has 2 N–H and O–H groups in total. The largest absolute Gasteiger partial charge is 0.478 e. The second kappa shape index (κ2) is 5.30. The molecule has 20 heavy (non-hydrogen) atoms. The average molecular weight is 292 g/mol. The van der Waals surface area contributed by atoms with E-state index in [-0.39, 0.29) is 10.5 Å². The van der Waals surface area contributed by atoms with Crippen LogP contribution in [-0.4, -0.2) is 24.5 Å². The lowest BCUT2D eigenvalue weighted by molar-refractivity contribution is 0.0697. The Balaban J connectivity index is 2.28. The standard InChI is InChI=1S/C13H12N2O4S/c1-9-6-11(8-14-7-9)15-20(18,19)12-4-2-10(3-5-12)13(16)17/h2-8,15H,1H3,(H,16,17). The van der Waals surface area contributed by atoms with Crippen molar-refractivity contribution < 1.29 is 18.3 Å². The Bertz CT molecular complexity index is 739. The van der Waals surface area contributed by atoms with Gasteiger partial charge in [-0.15, -0.1) is 0 Å². The first kappa shape index (κ1) is 14.0. The predicted molar refractivity (Wildman–Crippen MR) is 73.2 cm³/mol. The van der Waals surface area contributed by atoms with Crippen LogP contribution in [0.5, 0.6) is 0 Å². The average Bonchev–Trinajstić information content (AvgIpc) is 2.38. The fourth-order valence-corrected chi connectivity index (χ4v) is 2.64. The highest BCUT2D eigenvalue weighted by Crippen LogP contribution is 2.16. The van der Waals surface area contributed by atoms with Crippen molar-refractivity contribution in [2.24, 2.45) is 0 Å². The number of anilines is 1. The molecule has 0 saturated heterocycles. The molecule has 0 bridgehead atoms. The number of pyridine rings is 1. The highest BCUT2D eigenvalue weighted by molar-refractivity contribution is 7.92. The minimum Gasteiger partial charge on any atom is -0.478 e. The van der Waals surface area contributed by atoms with Crippen molar-refractivity contribution in [2.45, 2.75) is 11.8 Å². The van der Waals surface area contributed by atoms with E-state index in [2.05, 4.69) is 9.71 Å². The van der Waals surface area contributed by atoms with E-state index in [9.17, 15) is 13.2 Å². The Hall–Kier alpha value is -2.41. The van der Waals surface area contributed by atoms with Crippen LogP contribution in [-0.2, 0) is 10.0 Å². The molecule has 0 saturated carbocycles. The highest BCUT2D eigenvalue weighted by Gasteiger charge is 2.15. The number of nitrogens with one attached hydrogen (secondary N) is 1. The van der Waals surface area contributed by atoms with Crippen LogP contribution in [0.25, 0.3) is 0 Å². The van der Waals surface area contributed by atoms with Gasteiger partial charge in [0.05, 0.1) is 22.3 Å². The number of carbonyl (C=O) groups is 1. The molecule has 0 fully saturated rings. The second-order valence-electron chi connectivity index (χ2n) is 4.19. The van der Waals surface area contributed by atoms with Crippen LogP contribution in [0.4, 0.5) is 5.69 Å². The van der Waals surface area contributed by atoms with Crippen molar-refractivity contribution in [3.05, 3.63) is 53.9 Å². The molecule has 0 aliphatic carbocycles. The Morgan fingerprint density at radius 3 is 2.40 bits per heavy atom. The van der Waals surface area contributed by atoms with E-state index in [1.54, 1.807) is 19.2 Å². The summed E-state index contributed by atoms with van der Waals surface area (Å²) in [5.74, 6) is -1.11. The molecule has 0 amide bonds. The van der Waals surface area contributed by atoms with Crippen LogP contribution in [0.3, 0.4) is 0 Å². The molecule has 1 heterocycles. The number of aromatic nitrogens is 1. The van der Waals surface area contributed by atoms with E-state index < -0.39 is 16.0 Å². The number of benzene rings is 1. The van der Waals surface area contributed by atoms with Crippen LogP contribution in [0.1, 0.15) is 15.9 Å². The molecule has 1 aromatic heterocycles. The lowest BCUT2D eigenvalue weighted by Crippen LogP contribution is -2.13. The molecule has 0 atom stereocenters. The maximum Gasteiger partial charge on any atom is 0.335 e. The van der Waals surface area contributed by atoms with Gasteiger partial charge in [-0.3, -0.25) is 9.71 Å². The predicted octanol–water partition coefficient (Wildman–Crippen LogP) is 1.89. The van der Waals surface area contributed by atoms with Gasteiger partial charge >= 0.3 is 5.97 Å². The van der Waals surface area contributed by atoms with Crippen LogP contribution in [0, 0.1) is 6.92 Å². The van der Waals surface area contributed by atoms with E-state index >= 15 is 0 Å². The number of aromatic carboxylic acids is 1. The van der Waals surface area contributed by atoms with Gasteiger partial charge in [-0.05, 0) is 42.8 Å². The second-order valence-corrected chi connectivity index (χ2v) is 5.87. The molecular formula is C13H12N2O4S. The normalized spacial score (nSPS) is 11.1. The molecule has 7 heteroatoms. The van der Waals surface area contributed by atoms with E-state index in [0.717, 1.165) is 5.56 Å². The first-order valence-electron chi connectivity index (χ1n) is 5.66. The summed E-state index contributed by atoms with van der Waals surface area (Å²) < 4.78 is 26.6. The lowest BCUT2D eigenvalue weighted by Gasteiger charge is -2.08. The number of hydrogen-bond donors (Lipinski definition) is 2. The number of hydrogen-bond acceptors (Lipinski definition) is 4. The molecule has 2 rings (SSSR count). The van der Waals surface area contributed by atoms with Gasteiger partial charge < -0.3 is 5.11 Å². The molecule has 6 nitrogen and oxygen atoms in total. The molecule has 0 spiro atoms. The van der Waals surface area contributed by atoms with Crippen molar-refractivity contribution in [1.29, 1.82) is 0 Å². The minimum atomic E-state index is -3.76. The number of carboxylic acid groups (broad SMARTS) is 1. The number of nitrogens with zero attached hydrogens (tertiary/aromatic N) is 1. The van der Waals surface area contributed by atoms with Crippen molar-refractivity contribution in [3.63, 3.8) is 0 Å². The van der Waals surface area contributed by atoms with Crippen molar-refractivity contribution in [2.75, 3.05) is 4.72 Å². The molecule has 2 aromatic rings. The van der Waals surface area contributed by atoms with E-state index in [1.165, 1.54) is 30.5 Å². The summed E-state index contributed by atoms with van der Waals surface area (Å²) in [6, 6.07) is 6.62. The quantitative estimate of drug-likeness (QED) is 0.897. The molecular weight excluding hydrogens is 280 g/mol. The van der Waals surface area contributed by atoms with Crippen LogP contribution >= 0.6 is 0 Å². The maximum absolute atomic E-state index is 12.1. The third kappa shape index (κ3) is 3.12. The fraction of sp³-hybridized carbons (Fsp3) is 0.0769. The summed E-state index contributed by atoms with van der Waals surface area (Å²) in [6.07, 6.45) is 3.01. The summed E-state index contributed by atoms with van der Waals surface area (Å²) in [4.78, 5) is 14.6. The van der Waals surface area contributed by atoms with E-state index in [4.69, 9.17) is 5.11 Å². The summed E-state index contributed by atoms with van der Waals surface area (Å²) in [7, 11) is -3.76. The van der Waals surface area contributed by atoms with E-state index in [0.29, 0.717) is 5.69 Å². The monoisotopic (exact) mass is 292 g/mol. The first-order chi connectivity index (χ1) is 9.38. The Kier molecular flexibility index (Phi) is 3.71. The summed E-state index contributed by atoms with van der Waals surface area (Å²) in [5, 5.41) is 8.77. The third-order valence-electron chi connectivity index (χ3n) is 2.54. The van der Waals surface area contributed by atoms with E-state index in [1.807, 2.05) is 0 Å². The number of rotatable bonds is 4. The maximum atomic E-state index is 12.1. The lowest BCUT2D eigenvalue weighted by atomic mass is 10.2. The molecule has 0 aliphatic heterocycles. The number of aryl methyl sites for hydroxylation is 1. The minimum absolute atomic E-state index is 0.0102. The third-order valence-corrected chi connectivity index (χ3v) is 3.94. The molecule has 0 unspecified atom stereocenters. The van der Waals surface area contributed by atoms with Gasteiger partial charge in [-0.25, -0.2) is 13.2 Å². The topological polar surface area (TPSA) is 96.4 Å². The Labute approximate surface area is 116 Å². The zero-order valence-corrected chi connectivity index (χ0v) is 11.4. The van der Waals surface area contributed by atoms with Crippen LogP contribution < -0.4 is 4.72 Å².